The van der Waals surface area contributed by atoms with E-state index in [0.717, 1.165) is 38.1 Å². The maximum Gasteiger partial charge on any atom is 0.319 e. The van der Waals surface area contributed by atoms with E-state index in [1.807, 2.05) is 0 Å². The lowest BCUT2D eigenvalue weighted by molar-refractivity contribution is 0.248. The molecular weight excluding hydrogens is 288 g/mol. The normalized spacial score (nSPS) is 18.0. The first kappa shape index (κ1) is 16.7. The van der Waals surface area contributed by atoms with Gasteiger partial charge in [0.15, 0.2) is 0 Å². The van der Waals surface area contributed by atoms with Crippen molar-refractivity contribution < 1.29 is 13.6 Å². The quantitative estimate of drug-likeness (QED) is 0.804. The Labute approximate surface area is 122 Å². The minimum Gasteiger partial charge on any atom is -0.338 e. The number of halogens is 3. The van der Waals surface area contributed by atoms with Crippen molar-refractivity contribution in [1.29, 1.82) is 0 Å². The summed E-state index contributed by atoms with van der Waals surface area (Å²) in [5.41, 5.74) is -0.415. The van der Waals surface area contributed by atoms with Crippen LogP contribution in [0.2, 0.25) is 0 Å². The summed E-state index contributed by atoms with van der Waals surface area (Å²) in [6, 6.07) is 2.86. The maximum absolute atomic E-state index is 13.3. The van der Waals surface area contributed by atoms with Crippen LogP contribution in [0.3, 0.4) is 0 Å². The Bertz CT molecular complexity index is 433. The molecule has 1 aromatic rings. The number of carbonyl (C=O) groups excluding carboxylic acids is 1. The van der Waals surface area contributed by atoms with Crippen molar-refractivity contribution in [3.63, 3.8) is 0 Å². The Morgan fingerprint density at radius 3 is 2.65 bits per heavy atom. The van der Waals surface area contributed by atoms with Crippen LogP contribution in [-0.2, 0) is 0 Å². The van der Waals surface area contributed by atoms with E-state index in [1.54, 1.807) is 0 Å². The van der Waals surface area contributed by atoms with Crippen LogP contribution in [0, 0.1) is 17.6 Å². The number of hydrogen-bond donors (Lipinski definition) is 3. The largest absolute Gasteiger partial charge is 0.338 e. The molecular formula is C13H18ClF2N3O. The number of urea groups is 1. The van der Waals surface area contributed by atoms with Gasteiger partial charge < -0.3 is 16.0 Å². The number of piperidine rings is 1. The molecule has 1 aliphatic rings. The fraction of sp³-hybridized carbons (Fsp3) is 0.462. The molecule has 0 saturated carbocycles. The Hall–Kier alpha value is -1.40. The number of rotatable bonds is 3. The molecule has 1 aliphatic heterocycles. The number of hydrogen-bond acceptors (Lipinski definition) is 2. The zero-order valence-corrected chi connectivity index (χ0v) is 11.7. The van der Waals surface area contributed by atoms with E-state index in [0.29, 0.717) is 12.5 Å². The fourth-order valence-electron chi connectivity index (χ4n) is 2.11. The summed E-state index contributed by atoms with van der Waals surface area (Å²) in [5, 5.41) is 8.06. The van der Waals surface area contributed by atoms with Crippen LogP contribution in [0.5, 0.6) is 0 Å². The molecule has 7 heteroatoms. The Morgan fingerprint density at radius 2 is 2.05 bits per heavy atom. The molecule has 4 nitrogen and oxygen atoms in total. The number of anilines is 1. The SMILES string of the molecule is Cl.O=C(NC[C@H]1CCCNC1)Nc1c(F)cccc1F. The second-order valence-electron chi connectivity index (χ2n) is 4.64. The van der Waals surface area contributed by atoms with E-state index in [2.05, 4.69) is 16.0 Å². The van der Waals surface area contributed by atoms with E-state index in [1.165, 1.54) is 6.07 Å². The Balaban J connectivity index is 0.00000200. The molecule has 1 fully saturated rings. The molecule has 0 bridgehead atoms. The standard InChI is InChI=1S/C13H17F2N3O.ClH/c14-10-4-1-5-11(15)12(10)18-13(19)17-8-9-3-2-6-16-7-9;/h1,4-5,9,16H,2-3,6-8H2,(H2,17,18,19);1H/t9-;/m0./s1. The minimum atomic E-state index is -0.783. The van der Waals surface area contributed by atoms with Crippen LogP contribution in [0.4, 0.5) is 19.3 Å². The molecule has 1 saturated heterocycles. The zero-order chi connectivity index (χ0) is 13.7. The van der Waals surface area contributed by atoms with Gasteiger partial charge in [0.1, 0.15) is 17.3 Å². The second-order valence-corrected chi connectivity index (χ2v) is 4.64. The second kappa shape index (κ2) is 8.01. The summed E-state index contributed by atoms with van der Waals surface area (Å²) >= 11 is 0. The van der Waals surface area contributed by atoms with Crippen molar-refractivity contribution in [3.8, 4) is 0 Å². The molecule has 0 radical (unpaired) electrons. The van der Waals surface area contributed by atoms with Gasteiger partial charge in [0.25, 0.3) is 0 Å². The van der Waals surface area contributed by atoms with E-state index in [9.17, 15) is 13.6 Å². The summed E-state index contributed by atoms with van der Waals surface area (Å²) in [5.74, 6) is -1.20. The molecule has 1 heterocycles. The summed E-state index contributed by atoms with van der Waals surface area (Å²) < 4.78 is 26.6. The summed E-state index contributed by atoms with van der Waals surface area (Å²) in [6.07, 6.45) is 2.12. The molecule has 2 rings (SSSR count). The highest BCUT2D eigenvalue weighted by atomic mass is 35.5. The predicted molar refractivity (Wildman–Crippen MR) is 76.2 cm³/mol. The van der Waals surface area contributed by atoms with Crippen molar-refractivity contribution in [1.82, 2.24) is 10.6 Å². The molecule has 0 aliphatic carbocycles. The highest BCUT2D eigenvalue weighted by Gasteiger charge is 2.15. The minimum absolute atomic E-state index is 0. The molecule has 1 aromatic carbocycles. The van der Waals surface area contributed by atoms with Gasteiger partial charge in [0, 0.05) is 6.54 Å². The van der Waals surface area contributed by atoms with E-state index in [4.69, 9.17) is 0 Å². The van der Waals surface area contributed by atoms with Gasteiger partial charge in [-0.1, -0.05) is 6.07 Å². The lowest BCUT2D eigenvalue weighted by Gasteiger charge is -2.22. The van der Waals surface area contributed by atoms with E-state index >= 15 is 0 Å². The highest BCUT2D eigenvalue weighted by molar-refractivity contribution is 5.89. The first-order chi connectivity index (χ1) is 9.16. The van der Waals surface area contributed by atoms with Crippen LogP contribution >= 0.6 is 12.4 Å². The van der Waals surface area contributed by atoms with E-state index < -0.39 is 23.4 Å². The first-order valence-corrected chi connectivity index (χ1v) is 6.36. The van der Waals surface area contributed by atoms with Gasteiger partial charge in [-0.05, 0) is 44.0 Å². The summed E-state index contributed by atoms with van der Waals surface area (Å²) in [6.45, 7) is 2.35. The predicted octanol–water partition coefficient (Wildman–Crippen LogP) is 2.51. The van der Waals surface area contributed by atoms with Gasteiger partial charge >= 0.3 is 6.03 Å². The van der Waals surface area contributed by atoms with Gasteiger partial charge in [-0.25, -0.2) is 13.6 Å². The van der Waals surface area contributed by atoms with Crippen molar-refractivity contribution in [2.24, 2.45) is 5.92 Å². The molecule has 0 unspecified atom stereocenters. The van der Waals surface area contributed by atoms with Crippen LogP contribution < -0.4 is 16.0 Å². The van der Waals surface area contributed by atoms with Crippen molar-refractivity contribution in [2.45, 2.75) is 12.8 Å². The van der Waals surface area contributed by atoms with Gasteiger partial charge in [-0.3, -0.25) is 0 Å². The van der Waals surface area contributed by atoms with Crippen molar-refractivity contribution >= 4 is 24.1 Å². The van der Waals surface area contributed by atoms with E-state index in [-0.39, 0.29) is 12.4 Å². The lowest BCUT2D eigenvalue weighted by Crippen LogP contribution is -2.39. The number of nitrogens with one attached hydrogen (secondary N) is 3. The number of amides is 2. The molecule has 112 valence electrons. The maximum atomic E-state index is 13.3. The third-order valence-electron chi connectivity index (χ3n) is 3.15. The third kappa shape index (κ3) is 4.61. The zero-order valence-electron chi connectivity index (χ0n) is 10.9. The van der Waals surface area contributed by atoms with Gasteiger partial charge in [-0.2, -0.15) is 0 Å². The molecule has 0 aromatic heterocycles. The van der Waals surface area contributed by atoms with Gasteiger partial charge in [0.2, 0.25) is 0 Å². The van der Waals surface area contributed by atoms with Crippen LogP contribution in [0.1, 0.15) is 12.8 Å². The summed E-state index contributed by atoms with van der Waals surface area (Å²) in [4.78, 5) is 11.6. The topological polar surface area (TPSA) is 53.2 Å². The van der Waals surface area contributed by atoms with Crippen LogP contribution in [0.15, 0.2) is 18.2 Å². The Morgan fingerprint density at radius 1 is 1.35 bits per heavy atom. The molecule has 20 heavy (non-hydrogen) atoms. The monoisotopic (exact) mass is 305 g/mol. The number of benzene rings is 1. The molecule has 2 amide bonds. The lowest BCUT2D eigenvalue weighted by atomic mass is 10.00. The average molecular weight is 306 g/mol. The number of para-hydroxylation sites is 1. The smallest absolute Gasteiger partial charge is 0.319 e. The van der Waals surface area contributed by atoms with Gasteiger partial charge in [0.05, 0.1) is 0 Å². The van der Waals surface area contributed by atoms with Crippen LogP contribution in [-0.4, -0.2) is 25.7 Å². The summed E-state index contributed by atoms with van der Waals surface area (Å²) in [7, 11) is 0. The Kier molecular flexibility index (Phi) is 6.67. The first-order valence-electron chi connectivity index (χ1n) is 6.36. The fourth-order valence-corrected chi connectivity index (χ4v) is 2.11. The van der Waals surface area contributed by atoms with Gasteiger partial charge in [-0.15, -0.1) is 12.4 Å². The molecule has 1 atom stereocenters. The average Bonchev–Trinajstić information content (AvgIpc) is 2.42. The molecule has 0 spiro atoms. The third-order valence-corrected chi connectivity index (χ3v) is 3.15. The van der Waals surface area contributed by atoms with Crippen molar-refractivity contribution in [3.05, 3.63) is 29.8 Å². The number of carbonyl (C=O) groups is 1. The van der Waals surface area contributed by atoms with Crippen LogP contribution in [0.25, 0.3) is 0 Å². The van der Waals surface area contributed by atoms with Crippen molar-refractivity contribution in [2.75, 3.05) is 25.0 Å². The highest BCUT2D eigenvalue weighted by Crippen LogP contribution is 2.17. The molecule has 3 N–H and O–H groups in total.